The van der Waals surface area contributed by atoms with E-state index >= 15 is 0 Å². The number of ether oxygens (including phenoxy) is 2. The highest BCUT2D eigenvalue weighted by Crippen LogP contribution is 2.29. The van der Waals surface area contributed by atoms with Crippen LogP contribution in [0.1, 0.15) is 41.7 Å². The van der Waals surface area contributed by atoms with E-state index in [0.29, 0.717) is 17.0 Å². The number of hydrogen-bond acceptors (Lipinski definition) is 5. The summed E-state index contributed by atoms with van der Waals surface area (Å²) in [5, 5.41) is 8.96. The number of para-hydroxylation sites is 1. The molecular formula is C22H27N3O4. The molecular weight excluding hydrogens is 370 g/mol. The smallest absolute Gasteiger partial charge is 0.253 e. The molecule has 154 valence electrons. The van der Waals surface area contributed by atoms with Crippen LogP contribution in [0.3, 0.4) is 0 Å². The summed E-state index contributed by atoms with van der Waals surface area (Å²) < 4.78 is 10.7. The van der Waals surface area contributed by atoms with Crippen LogP contribution >= 0.6 is 0 Å². The first kappa shape index (κ1) is 20.7. The van der Waals surface area contributed by atoms with Gasteiger partial charge in [-0.2, -0.15) is 0 Å². The van der Waals surface area contributed by atoms with Gasteiger partial charge in [0.05, 0.1) is 32.0 Å². The molecule has 3 rings (SSSR count). The van der Waals surface area contributed by atoms with Crippen molar-refractivity contribution < 1.29 is 19.1 Å². The van der Waals surface area contributed by atoms with E-state index in [2.05, 4.69) is 16.0 Å². The molecule has 2 aromatic carbocycles. The highest BCUT2D eigenvalue weighted by molar-refractivity contribution is 6.04. The fraction of sp³-hybridized carbons (Fsp3) is 0.364. The number of benzene rings is 2. The third kappa shape index (κ3) is 5.48. The van der Waals surface area contributed by atoms with Crippen molar-refractivity contribution in [1.29, 1.82) is 0 Å². The Bertz CT molecular complexity index is 880. The van der Waals surface area contributed by atoms with E-state index in [1.807, 2.05) is 25.1 Å². The van der Waals surface area contributed by atoms with E-state index in [4.69, 9.17) is 9.47 Å². The number of hydrogen-bond donors (Lipinski definition) is 3. The summed E-state index contributed by atoms with van der Waals surface area (Å²) in [5.74, 6) is 1.04. The maximum absolute atomic E-state index is 12.5. The Morgan fingerprint density at radius 2 is 1.86 bits per heavy atom. The monoisotopic (exact) mass is 397 g/mol. The number of amides is 2. The first-order chi connectivity index (χ1) is 14.0. The average Bonchev–Trinajstić information content (AvgIpc) is 3.55. The lowest BCUT2D eigenvalue weighted by Gasteiger charge is -2.18. The van der Waals surface area contributed by atoms with Gasteiger partial charge in [0.1, 0.15) is 11.5 Å². The fourth-order valence-corrected chi connectivity index (χ4v) is 3.01. The normalized spacial score (nSPS) is 14.0. The minimum absolute atomic E-state index is 0.0834. The van der Waals surface area contributed by atoms with Crippen molar-refractivity contribution in [2.75, 3.05) is 26.1 Å². The van der Waals surface area contributed by atoms with E-state index in [-0.39, 0.29) is 30.4 Å². The lowest BCUT2D eigenvalue weighted by Crippen LogP contribution is -2.31. The van der Waals surface area contributed by atoms with Crippen LogP contribution < -0.4 is 25.4 Å². The molecule has 0 heterocycles. The van der Waals surface area contributed by atoms with Gasteiger partial charge in [0, 0.05) is 17.6 Å². The summed E-state index contributed by atoms with van der Waals surface area (Å²) in [6, 6.07) is 12.7. The van der Waals surface area contributed by atoms with Crippen molar-refractivity contribution in [3.05, 3.63) is 53.6 Å². The van der Waals surface area contributed by atoms with Crippen LogP contribution in [0.2, 0.25) is 0 Å². The number of anilines is 1. The molecule has 0 radical (unpaired) electrons. The lowest BCUT2D eigenvalue weighted by molar-refractivity contribution is -0.115. The molecule has 0 bridgehead atoms. The highest BCUT2D eigenvalue weighted by atomic mass is 16.5. The van der Waals surface area contributed by atoms with E-state index in [9.17, 15) is 9.59 Å². The largest absolute Gasteiger partial charge is 0.497 e. The summed E-state index contributed by atoms with van der Waals surface area (Å²) in [6.07, 6.45) is 2.02. The first-order valence-electron chi connectivity index (χ1n) is 9.67. The molecule has 1 fully saturated rings. The summed E-state index contributed by atoms with van der Waals surface area (Å²) in [4.78, 5) is 24.8. The Morgan fingerprint density at radius 1 is 1.10 bits per heavy atom. The van der Waals surface area contributed by atoms with Crippen LogP contribution in [-0.2, 0) is 4.79 Å². The molecule has 0 spiro atoms. The second-order valence-corrected chi connectivity index (χ2v) is 7.05. The summed E-state index contributed by atoms with van der Waals surface area (Å²) >= 11 is 0. The van der Waals surface area contributed by atoms with Gasteiger partial charge in [0.25, 0.3) is 5.91 Å². The lowest BCUT2D eigenvalue weighted by atomic mass is 10.1. The van der Waals surface area contributed by atoms with Gasteiger partial charge in [-0.25, -0.2) is 0 Å². The molecule has 0 saturated heterocycles. The number of rotatable bonds is 9. The molecule has 1 saturated carbocycles. The van der Waals surface area contributed by atoms with Gasteiger partial charge in [-0.05, 0) is 50.1 Å². The van der Waals surface area contributed by atoms with Crippen molar-refractivity contribution in [3.63, 3.8) is 0 Å². The number of nitrogens with one attached hydrogen (secondary N) is 3. The van der Waals surface area contributed by atoms with Crippen molar-refractivity contribution in [1.82, 2.24) is 10.6 Å². The van der Waals surface area contributed by atoms with E-state index < -0.39 is 0 Å². The number of carbonyl (C=O) groups is 2. The summed E-state index contributed by atoms with van der Waals surface area (Å²) in [5.41, 5.74) is 1.86. The Balaban J connectivity index is 1.61. The second-order valence-electron chi connectivity index (χ2n) is 7.05. The zero-order chi connectivity index (χ0) is 20.8. The van der Waals surface area contributed by atoms with Crippen molar-refractivity contribution >= 4 is 17.5 Å². The van der Waals surface area contributed by atoms with Gasteiger partial charge >= 0.3 is 0 Å². The van der Waals surface area contributed by atoms with Gasteiger partial charge in [0.2, 0.25) is 5.91 Å². The van der Waals surface area contributed by atoms with Crippen LogP contribution in [0.5, 0.6) is 11.5 Å². The van der Waals surface area contributed by atoms with E-state index in [1.165, 1.54) is 0 Å². The molecule has 0 unspecified atom stereocenters. The third-order valence-electron chi connectivity index (χ3n) is 4.83. The van der Waals surface area contributed by atoms with Crippen LogP contribution in [0.25, 0.3) is 0 Å². The summed E-state index contributed by atoms with van der Waals surface area (Å²) in [7, 11) is 3.21. The predicted molar refractivity (Wildman–Crippen MR) is 112 cm³/mol. The van der Waals surface area contributed by atoms with Crippen molar-refractivity contribution in [3.8, 4) is 11.5 Å². The average molecular weight is 397 g/mol. The SMILES string of the molecule is COc1ccc(OC)c([C@@H](C)NCC(=O)Nc2ccccc2C(=O)NC2CC2)c1. The zero-order valence-corrected chi connectivity index (χ0v) is 17.0. The third-order valence-corrected chi connectivity index (χ3v) is 4.83. The molecule has 7 nitrogen and oxygen atoms in total. The molecule has 1 aliphatic rings. The van der Waals surface area contributed by atoms with Crippen molar-refractivity contribution in [2.24, 2.45) is 0 Å². The van der Waals surface area contributed by atoms with Crippen LogP contribution in [0.15, 0.2) is 42.5 Å². The minimum Gasteiger partial charge on any atom is -0.497 e. The van der Waals surface area contributed by atoms with Gasteiger partial charge in [-0.3, -0.25) is 9.59 Å². The quantitative estimate of drug-likeness (QED) is 0.606. The maximum Gasteiger partial charge on any atom is 0.253 e. The van der Waals surface area contributed by atoms with Crippen LogP contribution in [-0.4, -0.2) is 38.6 Å². The number of carbonyl (C=O) groups excluding carboxylic acids is 2. The molecule has 2 amide bonds. The van der Waals surface area contributed by atoms with Gasteiger partial charge in [-0.1, -0.05) is 12.1 Å². The molecule has 29 heavy (non-hydrogen) atoms. The Labute approximate surface area is 170 Å². The topological polar surface area (TPSA) is 88.7 Å². The molecule has 1 aliphatic carbocycles. The minimum atomic E-state index is -0.231. The molecule has 1 atom stereocenters. The van der Waals surface area contributed by atoms with Crippen LogP contribution in [0.4, 0.5) is 5.69 Å². The standard InChI is InChI=1S/C22H27N3O4/c1-14(18-12-16(28-2)10-11-20(18)29-3)23-13-21(26)25-19-7-5-4-6-17(19)22(27)24-15-8-9-15/h4-7,10-12,14-15,23H,8-9,13H2,1-3H3,(H,24,27)(H,25,26)/t14-/m1/s1. The molecule has 7 heteroatoms. The van der Waals surface area contributed by atoms with Gasteiger partial charge in [-0.15, -0.1) is 0 Å². The second kappa shape index (κ2) is 9.43. The van der Waals surface area contributed by atoms with E-state index in [0.717, 1.165) is 24.2 Å². The highest BCUT2D eigenvalue weighted by Gasteiger charge is 2.25. The van der Waals surface area contributed by atoms with Crippen LogP contribution in [0, 0.1) is 0 Å². The van der Waals surface area contributed by atoms with Crippen molar-refractivity contribution in [2.45, 2.75) is 31.8 Å². The van der Waals surface area contributed by atoms with Gasteiger partial charge < -0.3 is 25.4 Å². The summed E-state index contributed by atoms with van der Waals surface area (Å²) in [6.45, 7) is 2.03. The Hall–Kier alpha value is -3.06. The molecule has 0 aromatic heterocycles. The van der Waals surface area contributed by atoms with E-state index in [1.54, 1.807) is 38.5 Å². The predicted octanol–water partition coefficient (Wildman–Crippen LogP) is 2.89. The first-order valence-corrected chi connectivity index (χ1v) is 9.67. The number of methoxy groups -OCH3 is 2. The Kier molecular flexibility index (Phi) is 6.72. The fourth-order valence-electron chi connectivity index (χ4n) is 3.01. The molecule has 2 aromatic rings. The molecule has 0 aliphatic heterocycles. The Morgan fingerprint density at radius 3 is 2.55 bits per heavy atom. The maximum atomic E-state index is 12.5. The zero-order valence-electron chi connectivity index (χ0n) is 17.0. The van der Waals surface area contributed by atoms with Gasteiger partial charge in [0.15, 0.2) is 0 Å². The molecule has 3 N–H and O–H groups in total.